The highest BCUT2D eigenvalue weighted by Gasteiger charge is 2.56. The lowest BCUT2D eigenvalue weighted by molar-refractivity contribution is 0.330. The van der Waals surface area contributed by atoms with Gasteiger partial charge in [0.25, 0.3) is 6.71 Å². The monoisotopic (exact) mass is 466 g/mol. The normalized spacial score (nSPS) is 17.6. The Kier molecular flexibility index (Phi) is 3.50. The van der Waals surface area contributed by atoms with Crippen LogP contribution in [0.3, 0.4) is 0 Å². The highest BCUT2D eigenvalue weighted by atomic mass is 15.3. The van der Waals surface area contributed by atoms with Crippen LogP contribution in [0.4, 0.5) is 11.4 Å². The van der Waals surface area contributed by atoms with Crippen molar-refractivity contribution in [2.24, 2.45) is 0 Å². The maximum Gasteiger partial charge on any atom is 0.252 e. The van der Waals surface area contributed by atoms with Gasteiger partial charge >= 0.3 is 0 Å². The molecule has 0 aliphatic carbocycles. The van der Waals surface area contributed by atoms with Gasteiger partial charge in [-0.3, -0.25) is 0 Å². The molecule has 0 N–H and O–H groups in total. The van der Waals surface area contributed by atoms with Crippen molar-refractivity contribution in [3.63, 3.8) is 0 Å². The number of hydrogen-bond donors (Lipinski definition) is 0. The molecule has 176 valence electrons. The van der Waals surface area contributed by atoms with Gasteiger partial charge in [0.1, 0.15) is 0 Å². The van der Waals surface area contributed by atoms with Crippen molar-refractivity contribution >= 4 is 56.3 Å². The number of hydrogen-bond acceptors (Lipinski definition) is 1. The second kappa shape index (κ2) is 6.09. The maximum absolute atomic E-state index is 2.68. The minimum absolute atomic E-state index is 0.0286. The Balaban J connectivity index is 1.62. The van der Waals surface area contributed by atoms with Crippen molar-refractivity contribution < 1.29 is 0 Å². The van der Waals surface area contributed by atoms with Crippen LogP contribution in [0.25, 0.3) is 27.5 Å². The lowest BCUT2D eigenvalue weighted by Crippen LogP contribution is -2.63. The van der Waals surface area contributed by atoms with E-state index < -0.39 is 0 Å². The third kappa shape index (κ3) is 2.11. The molecule has 0 spiro atoms. The predicted octanol–water partition coefficient (Wildman–Crippen LogP) is 6.06. The van der Waals surface area contributed by atoms with E-state index in [1.165, 1.54) is 77.5 Å². The molecule has 0 saturated heterocycles. The van der Waals surface area contributed by atoms with E-state index in [9.17, 15) is 0 Å². The topological polar surface area (TPSA) is 8.17 Å². The zero-order chi connectivity index (χ0) is 24.9. The van der Waals surface area contributed by atoms with Gasteiger partial charge in [0.05, 0.1) is 5.52 Å². The Hall–Kier alpha value is -3.46. The van der Waals surface area contributed by atoms with Gasteiger partial charge in [-0.05, 0) is 86.9 Å². The van der Waals surface area contributed by atoms with Gasteiger partial charge in [-0.25, -0.2) is 0 Å². The van der Waals surface area contributed by atoms with Crippen LogP contribution >= 0.6 is 0 Å². The minimum atomic E-state index is -0.0456. The van der Waals surface area contributed by atoms with E-state index in [1.807, 2.05) is 0 Å². The number of rotatable bonds is 0. The molecule has 0 amide bonds. The Bertz CT molecular complexity index is 1830. The van der Waals surface area contributed by atoms with E-state index in [-0.39, 0.29) is 17.7 Å². The molecule has 2 nitrogen and oxygen atoms in total. The smallest absolute Gasteiger partial charge is 0.252 e. The molecule has 3 aliphatic rings. The standard InChI is InChI=1S/C33H31BN2/c1-18-11-12-26-21(13-18)22-14-19(2)16-24-30(22)35(26)27-9-8-10-28-29(27)34(24)25-17-20(3)15-23-31(25)36(28)33(6,7)32(23,4)5/h8-17H,1-7H3. The average molecular weight is 466 g/mol. The Morgan fingerprint density at radius 3 is 2.19 bits per heavy atom. The second-order valence-corrected chi connectivity index (χ2v) is 12.5. The molecule has 0 atom stereocenters. The summed E-state index contributed by atoms with van der Waals surface area (Å²) in [7, 11) is 0. The van der Waals surface area contributed by atoms with Gasteiger partial charge in [-0.15, -0.1) is 0 Å². The van der Waals surface area contributed by atoms with Crippen molar-refractivity contribution in [3.05, 3.63) is 82.9 Å². The van der Waals surface area contributed by atoms with Crippen LogP contribution in [0.1, 0.15) is 49.9 Å². The summed E-state index contributed by atoms with van der Waals surface area (Å²) in [4.78, 5) is 2.68. The molecule has 0 fully saturated rings. The number of anilines is 2. The summed E-state index contributed by atoms with van der Waals surface area (Å²) in [5.74, 6) is 0. The predicted molar refractivity (Wildman–Crippen MR) is 155 cm³/mol. The molecule has 0 unspecified atom stereocenters. The molecule has 0 bridgehead atoms. The van der Waals surface area contributed by atoms with E-state index in [2.05, 4.69) is 119 Å². The van der Waals surface area contributed by atoms with E-state index >= 15 is 0 Å². The number of fused-ring (bicyclic) bond motifs is 7. The third-order valence-corrected chi connectivity index (χ3v) is 9.91. The summed E-state index contributed by atoms with van der Waals surface area (Å²) in [6, 6.07) is 23.7. The van der Waals surface area contributed by atoms with Crippen molar-refractivity contribution in [1.82, 2.24) is 4.57 Å². The average Bonchev–Trinajstić information content (AvgIpc) is 3.21. The van der Waals surface area contributed by atoms with Gasteiger partial charge in [0, 0.05) is 44.3 Å². The Morgan fingerprint density at radius 1 is 0.694 bits per heavy atom. The zero-order valence-corrected chi connectivity index (χ0v) is 22.2. The highest BCUT2D eigenvalue weighted by molar-refractivity contribution is 7.00. The van der Waals surface area contributed by atoms with Crippen molar-refractivity contribution in [1.29, 1.82) is 0 Å². The first kappa shape index (κ1) is 20.7. The fraction of sp³-hybridized carbons (Fsp3) is 0.273. The van der Waals surface area contributed by atoms with E-state index in [4.69, 9.17) is 0 Å². The minimum Gasteiger partial charge on any atom is -0.336 e. The summed E-state index contributed by atoms with van der Waals surface area (Å²) in [6.07, 6.45) is 0. The van der Waals surface area contributed by atoms with E-state index in [0.717, 1.165) is 0 Å². The maximum atomic E-state index is 2.68. The number of aromatic nitrogens is 1. The van der Waals surface area contributed by atoms with Crippen LogP contribution in [0, 0.1) is 20.8 Å². The Morgan fingerprint density at radius 2 is 1.39 bits per heavy atom. The van der Waals surface area contributed by atoms with Crippen LogP contribution in [-0.4, -0.2) is 16.8 Å². The number of benzene rings is 4. The SMILES string of the molecule is Cc1cc2c3c(c1)C(C)(C)C(C)(C)N3c1cccc3c1B2c1cc(C)cc2c4cc(C)ccc4n-3c12. The fourth-order valence-corrected chi connectivity index (χ4v) is 7.68. The molecule has 5 aromatic rings. The molecule has 4 heterocycles. The second-order valence-electron chi connectivity index (χ2n) is 12.5. The van der Waals surface area contributed by atoms with Gasteiger partial charge < -0.3 is 9.47 Å². The Labute approximate surface area is 213 Å². The molecule has 0 saturated carbocycles. The lowest BCUT2D eigenvalue weighted by Gasteiger charge is -2.46. The third-order valence-electron chi connectivity index (χ3n) is 9.91. The molecule has 0 radical (unpaired) electrons. The molecular formula is C33H31BN2. The van der Waals surface area contributed by atoms with E-state index in [1.54, 1.807) is 0 Å². The zero-order valence-electron chi connectivity index (χ0n) is 22.2. The molecule has 36 heavy (non-hydrogen) atoms. The molecular weight excluding hydrogens is 435 g/mol. The van der Waals surface area contributed by atoms with Crippen LogP contribution in [0.5, 0.6) is 0 Å². The number of aryl methyl sites for hydroxylation is 3. The van der Waals surface area contributed by atoms with E-state index in [0.29, 0.717) is 0 Å². The molecule has 3 heteroatoms. The quantitative estimate of drug-likeness (QED) is 0.247. The van der Waals surface area contributed by atoms with Gasteiger partial charge in [-0.2, -0.15) is 0 Å². The summed E-state index contributed by atoms with van der Waals surface area (Å²) in [5, 5.41) is 2.74. The summed E-state index contributed by atoms with van der Waals surface area (Å²) in [6.45, 7) is 16.7. The van der Waals surface area contributed by atoms with Gasteiger partial charge in [0.15, 0.2) is 0 Å². The molecule has 8 rings (SSSR count). The summed E-state index contributed by atoms with van der Waals surface area (Å²) >= 11 is 0. The van der Waals surface area contributed by atoms with Crippen LogP contribution < -0.4 is 21.3 Å². The highest BCUT2D eigenvalue weighted by Crippen LogP contribution is 2.55. The van der Waals surface area contributed by atoms with Crippen molar-refractivity contribution in [2.45, 2.75) is 59.4 Å². The largest absolute Gasteiger partial charge is 0.336 e. The van der Waals surface area contributed by atoms with Gasteiger partial charge in [-0.1, -0.05) is 60.9 Å². The van der Waals surface area contributed by atoms with Crippen molar-refractivity contribution in [2.75, 3.05) is 4.90 Å². The molecule has 4 aromatic carbocycles. The van der Waals surface area contributed by atoms with Gasteiger partial charge in [0.2, 0.25) is 0 Å². The first-order valence-corrected chi connectivity index (χ1v) is 13.2. The molecule has 3 aliphatic heterocycles. The molecule has 1 aromatic heterocycles. The van der Waals surface area contributed by atoms with Crippen LogP contribution in [0.2, 0.25) is 0 Å². The first-order valence-electron chi connectivity index (χ1n) is 13.2. The lowest BCUT2D eigenvalue weighted by atomic mass is 9.33. The first-order chi connectivity index (χ1) is 17.1. The summed E-state index contributed by atoms with van der Waals surface area (Å²) < 4.78 is 2.56. The fourth-order valence-electron chi connectivity index (χ4n) is 7.68. The van der Waals surface area contributed by atoms with Crippen LogP contribution in [-0.2, 0) is 5.41 Å². The number of nitrogens with zero attached hydrogens (tertiary/aromatic N) is 2. The summed E-state index contributed by atoms with van der Waals surface area (Å²) in [5.41, 5.74) is 16.7. The van der Waals surface area contributed by atoms with Crippen molar-refractivity contribution in [3.8, 4) is 5.69 Å². The van der Waals surface area contributed by atoms with Crippen LogP contribution in [0.15, 0.2) is 60.7 Å².